The van der Waals surface area contributed by atoms with Crippen LogP contribution in [-0.4, -0.2) is 192 Å². The van der Waals surface area contributed by atoms with Crippen molar-refractivity contribution in [1.82, 2.24) is 46.2 Å². The minimum absolute atomic E-state index is 0.0841. The summed E-state index contributed by atoms with van der Waals surface area (Å²) in [6, 6.07) is 8.74. The van der Waals surface area contributed by atoms with Gasteiger partial charge in [-0.15, -0.1) is 0 Å². The molecule has 26 heteroatoms. The maximum atomic E-state index is 14.8. The third-order valence-corrected chi connectivity index (χ3v) is 17.7. The number of aliphatic hydroxyl groups is 1. The van der Waals surface area contributed by atoms with Gasteiger partial charge in [0, 0.05) is 72.2 Å². The van der Waals surface area contributed by atoms with Crippen molar-refractivity contribution in [3.05, 3.63) is 77.9 Å². The minimum atomic E-state index is -1.11. The van der Waals surface area contributed by atoms with Gasteiger partial charge >= 0.3 is 12.1 Å². The highest BCUT2D eigenvalue weighted by Gasteiger charge is 2.44. The van der Waals surface area contributed by atoms with E-state index in [4.69, 9.17) is 19.9 Å². The van der Waals surface area contributed by atoms with Gasteiger partial charge in [0.25, 0.3) is 11.8 Å². The van der Waals surface area contributed by atoms with E-state index in [-0.39, 0.29) is 86.8 Å². The Morgan fingerprint density at radius 3 is 1.93 bits per heavy atom. The van der Waals surface area contributed by atoms with Crippen LogP contribution in [0.2, 0.25) is 0 Å². The maximum absolute atomic E-state index is 14.8. The van der Waals surface area contributed by atoms with Gasteiger partial charge in [0.2, 0.25) is 41.4 Å². The number of carbonyl (C=O) groups excluding carboxylic acids is 11. The van der Waals surface area contributed by atoms with E-state index in [1.807, 2.05) is 32.0 Å². The Morgan fingerprint density at radius 2 is 1.35 bits per heavy atom. The Hall–Kier alpha value is -7.97. The van der Waals surface area contributed by atoms with Crippen molar-refractivity contribution in [3.8, 4) is 0 Å². The number of anilines is 1. The first-order chi connectivity index (χ1) is 44.5. The molecule has 0 spiro atoms. The van der Waals surface area contributed by atoms with Gasteiger partial charge in [0.15, 0.2) is 0 Å². The Kier molecular flexibility index (Phi) is 32.1. The molecule has 4 rings (SSSR count). The predicted octanol–water partition coefficient (Wildman–Crippen LogP) is 5.08. The molecule has 1 saturated heterocycles. The molecule has 0 aromatic heterocycles. The largest absolute Gasteiger partial charge is 0.445 e. The molecule has 0 aliphatic carbocycles. The fourth-order valence-corrected chi connectivity index (χ4v) is 12.1. The molecule has 1 unspecified atom stereocenters. The summed E-state index contributed by atoms with van der Waals surface area (Å²) < 4.78 is 17.7. The molecule has 522 valence electrons. The zero-order chi connectivity index (χ0) is 70.1. The number of hydrogen-bond donors (Lipinski definition) is 8. The van der Waals surface area contributed by atoms with Crippen LogP contribution < -0.4 is 37.6 Å². The molecule has 2 aromatic rings. The van der Waals surface area contributed by atoms with Crippen molar-refractivity contribution in [1.29, 1.82) is 0 Å². The number of urea groups is 1. The lowest BCUT2D eigenvalue weighted by Crippen LogP contribution is -2.60. The molecule has 0 radical (unpaired) electrons. The lowest BCUT2D eigenvalue weighted by Gasteiger charge is -2.41. The van der Waals surface area contributed by atoms with E-state index in [1.54, 1.807) is 109 Å². The number of imide groups is 1. The molecular weight excluding hydrogens is 1210 g/mol. The zero-order valence-electron chi connectivity index (χ0n) is 57.4. The lowest BCUT2D eigenvalue weighted by atomic mass is 9.89. The summed E-state index contributed by atoms with van der Waals surface area (Å²) in [5, 5.41) is 27.6. The molecule has 0 saturated carbocycles. The quantitative estimate of drug-likeness (QED) is 0.0321. The number of nitrogens with one attached hydrogen (secondary N) is 6. The van der Waals surface area contributed by atoms with Crippen LogP contribution >= 0.6 is 0 Å². The number of primary amides is 1. The normalized spacial score (nSPS) is 17.4. The highest BCUT2D eigenvalue weighted by molar-refractivity contribution is 6.12. The van der Waals surface area contributed by atoms with Crippen molar-refractivity contribution >= 4 is 71.0 Å². The van der Waals surface area contributed by atoms with Gasteiger partial charge in [-0.1, -0.05) is 118 Å². The van der Waals surface area contributed by atoms with Crippen LogP contribution in [0.3, 0.4) is 0 Å². The molecule has 2 aromatic carbocycles. The number of hydrogen-bond acceptors (Lipinski definition) is 15. The number of nitrogens with two attached hydrogens (primary N) is 1. The molecule has 12 amide bonds. The zero-order valence-corrected chi connectivity index (χ0v) is 57.4. The van der Waals surface area contributed by atoms with Gasteiger partial charge in [-0.3, -0.25) is 53.0 Å². The number of ether oxygens (including phenoxy) is 3. The second kappa shape index (κ2) is 38.4. The first-order valence-electron chi connectivity index (χ1n) is 32.9. The van der Waals surface area contributed by atoms with Crippen molar-refractivity contribution < 1.29 is 72.1 Å². The van der Waals surface area contributed by atoms with E-state index in [9.17, 15) is 57.8 Å². The molecule has 12 atom stereocenters. The van der Waals surface area contributed by atoms with Crippen LogP contribution in [0.1, 0.15) is 151 Å². The number of aliphatic hydroxyl groups excluding tert-OH is 1. The number of benzene rings is 2. The number of rotatable bonds is 38. The smallest absolute Gasteiger partial charge is 0.410 e. The summed E-state index contributed by atoms with van der Waals surface area (Å²) in [7, 11) is 6.08. The second-order valence-electron chi connectivity index (χ2n) is 25.8. The first kappa shape index (κ1) is 78.5. The highest BCUT2D eigenvalue weighted by atomic mass is 16.6. The van der Waals surface area contributed by atoms with Gasteiger partial charge in [-0.05, 0) is 92.4 Å². The molecule has 1 fully saturated rings. The number of carbonyl (C=O) groups is 11. The summed E-state index contributed by atoms with van der Waals surface area (Å²) in [6.45, 7) is 18.6. The van der Waals surface area contributed by atoms with Gasteiger partial charge in [-0.25, -0.2) is 9.59 Å². The van der Waals surface area contributed by atoms with Crippen LogP contribution in [0.15, 0.2) is 66.7 Å². The summed E-state index contributed by atoms with van der Waals surface area (Å²) >= 11 is 0. The molecule has 9 N–H and O–H groups in total. The van der Waals surface area contributed by atoms with Crippen LogP contribution in [0.25, 0.3) is 0 Å². The van der Waals surface area contributed by atoms with Crippen LogP contribution in [0, 0.1) is 29.6 Å². The van der Waals surface area contributed by atoms with Gasteiger partial charge in [0.1, 0.15) is 30.8 Å². The summed E-state index contributed by atoms with van der Waals surface area (Å²) in [4.78, 5) is 152. The molecule has 0 bridgehead atoms. The number of unbranched alkanes of at least 4 members (excludes halogenated alkanes) is 2. The Labute approximate surface area is 554 Å². The van der Waals surface area contributed by atoms with E-state index < -0.39 is 114 Å². The minimum Gasteiger partial charge on any atom is -0.445 e. The van der Waals surface area contributed by atoms with Gasteiger partial charge in [0.05, 0.1) is 48.8 Å². The predicted molar refractivity (Wildman–Crippen MR) is 353 cm³/mol. The topological polar surface area (TPSA) is 347 Å². The van der Waals surface area contributed by atoms with Crippen molar-refractivity contribution in [2.45, 2.75) is 201 Å². The molecule has 26 nitrogen and oxygen atoms in total. The van der Waals surface area contributed by atoms with E-state index in [1.165, 1.54) is 38.3 Å². The maximum Gasteiger partial charge on any atom is 0.410 e. The number of nitrogens with zero attached hydrogens (tertiary/aromatic N) is 4. The van der Waals surface area contributed by atoms with Gasteiger partial charge in [-0.2, -0.15) is 0 Å². The van der Waals surface area contributed by atoms with Crippen molar-refractivity contribution in [2.75, 3.05) is 53.3 Å². The van der Waals surface area contributed by atoms with Crippen LogP contribution in [0.4, 0.5) is 15.3 Å². The summed E-state index contributed by atoms with van der Waals surface area (Å²) in [5.74, 6) is -6.02. The highest BCUT2D eigenvalue weighted by Crippen LogP contribution is 2.31. The third-order valence-electron chi connectivity index (χ3n) is 17.7. The first-order valence-corrected chi connectivity index (χ1v) is 32.9. The second-order valence-corrected chi connectivity index (χ2v) is 25.8. The molecule has 94 heavy (non-hydrogen) atoms. The number of amides is 12. The van der Waals surface area contributed by atoms with Gasteiger partial charge < -0.3 is 66.8 Å². The Morgan fingerprint density at radius 1 is 0.713 bits per heavy atom. The fourth-order valence-electron chi connectivity index (χ4n) is 12.1. The molecule has 2 heterocycles. The summed E-state index contributed by atoms with van der Waals surface area (Å²) in [5.41, 5.74) is 6.77. The number of likely N-dealkylation sites (tertiary alicyclic amines) is 1. The lowest BCUT2D eigenvalue weighted by molar-refractivity contribution is -0.148. The SMILES string of the molecule is CC[C@H](C)[C@@H]([C@H](CC(=O)N1CCC[C@H]1[C@H](OC)[C@@H](C)C(=O)N[C@H](C)[C@@H](O)c1ccccc1)OC)N(C)C(=O)[C@@H](NC(=O)C(C(C)C)N(C)C(=O)OCc1ccc(NC(=O)[C@H](CCCNC(N)=O)NC(=O)[C@@H](NC(=O)CCCCCN2C(=O)C=CC2=O)C(C)C)cc1)C(C)C. The van der Waals surface area contributed by atoms with Crippen LogP contribution in [0.5, 0.6) is 0 Å². The van der Waals surface area contributed by atoms with E-state index in [0.717, 1.165) is 4.90 Å². The van der Waals surface area contributed by atoms with E-state index in [0.29, 0.717) is 61.9 Å². The Balaban J connectivity index is 1.37. The van der Waals surface area contributed by atoms with E-state index >= 15 is 0 Å². The monoisotopic (exact) mass is 1320 g/mol. The number of methoxy groups -OCH3 is 2. The average molecular weight is 1320 g/mol. The molecular formula is C68H105N11O15. The Bertz CT molecular complexity index is 2880. The van der Waals surface area contributed by atoms with Crippen molar-refractivity contribution in [2.24, 2.45) is 35.3 Å². The number of likely N-dealkylation sites (N-methyl/N-ethyl adjacent to an activating group) is 2. The fraction of sp³-hybridized carbons (Fsp3) is 0.632. The molecule has 2 aliphatic rings. The summed E-state index contributed by atoms with van der Waals surface area (Å²) in [6.07, 6.45) is 2.94. The average Bonchev–Trinajstić information content (AvgIpc) is 1.33. The molecule has 2 aliphatic heterocycles. The third kappa shape index (κ3) is 22.9. The standard InChI is InChI=1S/C68H105N11O15/c1-15-43(8)59(51(92-13)38-55(83)78-37-23-27-50(78)61(93-14)44(9)62(85)71-45(10)60(84)47-24-18-16-19-25-47)76(11)66(89)57(41(4)5)75-65(88)58(42(6)7)77(12)68(91)94-39-46-29-31-48(32-30-46)72-63(86)49(26-22-35-70-67(69)90)73-64(87)56(40(2)3)74-52(80)28-20-17-21-36-79-53(81)33-34-54(79)82/h16,18-19,24-25,29-34,40-45,49-51,56-61,84H,15,17,20-23,26-28,35-39H2,1-14H3,(H,71,85)(H,72,86)(H,73,87)(H,74,80)(H,75,88)(H3,69,70,90)/t43-,44+,45+,49-,50-,51-,56-,57-,58?,59-,60+,61+/m0/s1. The van der Waals surface area contributed by atoms with E-state index in [2.05, 4.69) is 31.9 Å². The van der Waals surface area contributed by atoms with Crippen molar-refractivity contribution in [3.63, 3.8) is 0 Å². The van der Waals surface area contributed by atoms with Crippen LogP contribution in [-0.2, 0) is 64.0 Å².